The third kappa shape index (κ3) is 2.02. The molecule has 2 aliphatic carbocycles. The quantitative estimate of drug-likeness (QED) is 0.781. The number of hydrogen-bond acceptors (Lipinski definition) is 2. The highest BCUT2D eigenvalue weighted by Crippen LogP contribution is 2.53. The van der Waals surface area contributed by atoms with Crippen molar-refractivity contribution < 1.29 is 14.7 Å². The minimum atomic E-state index is -0.911. The van der Waals surface area contributed by atoms with Gasteiger partial charge in [-0.05, 0) is 55.9 Å². The number of aliphatic carboxylic acids is 1. The second-order valence-electron chi connectivity index (χ2n) is 5.84. The fourth-order valence-corrected chi connectivity index (χ4v) is 3.41. The van der Waals surface area contributed by atoms with Crippen molar-refractivity contribution >= 4 is 11.8 Å². The van der Waals surface area contributed by atoms with Crippen LogP contribution in [0.2, 0.25) is 0 Å². The van der Waals surface area contributed by atoms with E-state index in [2.05, 4.69) is 13.5 Å². The molecule has 2 rings (SSSR count). The average molecular weight is 248 g/mol. The van der Waals surface area contributed by atoms with Crippen LogP contribution in [-0.2, 0) is 9.59 Å². The molecule has 0 aromatic rings. The molecule has 1 N–H and O–H groups in total. The summed E-state index contributed by atoms with van der Waals surface area (Å²) >= 11 is 0. The summed E-state index contributed by atoms with van der Waals surface area (Å²) in [6.45, 7) is 7.50. The van der Waals surface area contributed by atoms with E-state index in [9.17, 15) is 9.59 Å². The van der Waals surface area contributed by atoms with Gasteiger partial charge in [-0.2, -0.15) is 0 Å². The molecule has 3 heteroatoms. The Morgan fingerprint density at radius 3 is 2.61 bits per heavy atom. The lowest BCUT2D eigenvalue weighted by molar-refractivity contribution is -0.133. The Kier molecular flexibility index (Phi) is 3.18. The number of hydrogen-bond donors (Lipinski definition) is 1. The summed E-state index contributed by atoms with van der Waals surface area (Å²) in [7, 11) is 0. The number of rotatable bonds is 3. The Bertz CT molecular complexity index is 458. The first-order chi connectivity index (χ1) is 8.35. The van der Waals surface area contributed by atoms with Crippen LogP contribution in [0.25, 0.3) is 0 Å². The van der Waals surface area contributed by atoms with E-state index < -0.39 is 5.97 Å². The molecule has 2 atom stereocenters. The molecule has 1 saturated carbocycles. The van der Waals surface area contributed by atoms with Gasteiger partial charge in [-0.1, -0.05) is 19.1 Å². The molecule has 0 amide bonds. The van der Waals surface area contributed by atoms with E-state index in [-0.39, 0.29) is 17.1 Å². The lowest BCUT2D eigenvalue weighted by atomic mass is 9.67. The number of carbonyl (C=O) groups is 2. The number of Topliss-reactive ketones (excluding diaryl/α,β-unsaturated/α-hetero) is 1. The van der Waals surface area contributed by atoms with Crippen LogP contribution in [0, 0.1) is 11.3 Å². The normalized spacial score (nSPS) is 31.1. The van der Waals surface area contributed by atoms with Crippen LogP contribution >= 0.6 is 0 Å². The zero-order valence-corrected chi connectivity index (χ0v) is 11.1. The van der Waals surface area contributed by atoms with E-state index in [0.717, 1.165) is 31.3 Å². The van der Waals surface area contributed by atoms with Gasteiger partial charge in [0.1, 0.15) is 0 Å². The summed E-state index contributed by atoms with van der Waals surface area (Å²) in [5.41, 5.74) is 2.56. The first-order valence-corrected chi connectivity index (χ1v) is 6.50. The fourth-order valence-electron chi connectivity index (χ4n) is 3.41. The zero-order valence-electron chi connectivity index (χ0n) is 11.1. The highest BCUT2D eigenvalue weighted by molar-refractivity contribution is 5.95. The molecule has 0 heterocycles. The Hall–Kier alpha value is -1.38. The summed E-state index contributed by atoms with van der Waals surface area (Å²) < 4.78 is 0. The highest BCUT2D eigenvalue weighted by atomic mass is 16.4. The number of carboxylic acid groups (broad SMARTS) is 1. The number of fused-ring (bicyclic) bond motifs is 1. The maximum atomic E-state index is 11.7. The van der Waals surface area contributed by atoms with E-state index in [1.807, 2.05) is 0 Å². The molecule has 0 aliphatic heterocycles. The van der Waals surface area contributed by atoms with Gasteiger partial charge in [0.05, 0.1) is 0 Å². The molecule has 0 radical (unpaired) electrons. The second-order valence-corrected chi connectivity index (χ2v) is 5.84. The first-order valence-electron chi connectivity index (χ1n) is 6.50. The summed E-state index contributed by atoms with van der Waals surface area (Å²) in [6.07, 6.45) is 4.43. The number of allylic oxidation sites excluding steroid dienone is 2. The Morgan fingerprint density at radius 1 is 1.39 bits per heavy atom. The van der Waals surface area contributed by atoms with Crippen LogP contribution in [0.5, 0.6) is 0 Å². The van der Waals surface area contributed by atoms with Gasteiger partial charge >= 0.3 is 5.97 Å². The van der Waals surface area contributed by atoms with Crippen LogP contribution in [0.4, 0.5) is 0 Å². The van der Waals surface area contributed by atoms with Gasteiger partial charge in [-0.15, -0.1) is 0 Å². The van der Waals surface area contributed by atoms with Crippen LogP contribution in [0.1, 0.15) is 46.0 Å². The second kappa shape index (κ2) is 4.38. The minimum absolute atomic E-state index is 0.00183. The number of ketones is 1. The molecule has 18 heavy (non-hydrogen) atoms. The maximum Gasteiger partial charge on any atom is 0.331 e. The fraction of sp³-hybridized carbons (Fsp3) is 0.600. The van der Waals surface area contributed by atoms with E-state index in [0.29, 0.717) is 12.0 Å². The van der Waals surface area contributed by atoms with Crippen LogP contribution in [0.3, 0.4) is 0 Å². The Labute approximate surface area is 108 Å². The van der Waals surface area contributed by atoms with Gasteiger partial charge in [0.15, 0.2) is 5.78 Å². The molecule has 2 aliphatic rings. The maximum absolute atomic E-state index is 11.7. The van der Waals surface area contributed by atoms with Crippen molar-refractivity contribution in [3.63, 3.8) is 0 Å². The van der Waals surface area contributed by atoms with Crippen molar-refractivity contribution in [1.29, 1.82) is 0 Å². The van der Waals surface area contributed by atoms with Crippen molar-refractivity contribution in [3.05, 3.63) is 23.3 Å². The topological polar surface area (TPSA) is 54.4 Å². The molecule has 0 aromatic heterocycles. The summed E-state index contributed by atoms with van der Waals surface area (Å²) in [5.74, 6) is -0.764. The van der Waals surface area contributed by atoms with Gasteiger partial charge in [0, 0.05) is 5.57 Å². The highest BCUT2D eigenvalue weighted by Gasteiger charge is 2.42. The molecule has 0 aromatic carbocycles. The third-order valence-electron chi connectivity index (χ3n) is 4.71. The molecule has 0 spiro atoms. The smallest absolute Gasteiger partial charge is 0.331 e. The van der Waals surface area contributed by atoms with Gasteiger partial charge < -0.3 is 5.11 Å². The molecular weight excluding hydrogens is 228 g/mol. The van der Waals surface area contributed by atoms with E-state index >= 15 is 0 Å². The molecule has 1 fully saturated rings. The zero-order chi connectivity index (χ0) is 13.5. The molecule has 3 nitrogen and oxygen atoms in total. The van der Waals surface area contributed by atoms with Gasteiger partial charge in [0.25, 0.3) is 0 Å². The van der Waals surface area contributed by atoms with E-state index in [1.54, 1.807) is 6.92 Å². The average Bonchev–Trinajstić information content (AvgIpc) is 2.64. The first kappa shape index (κ1) is 13.1. The Morgan fingerprint density at radius 2 is 2.06 bits per heavy atom. The third-order valence-corrected chi connectivity index (χ3v) is 4.71. The summed E-state index contributed by atoms with van der Waals surface area (Å²) in [4.78, 5) is 22.7. The molecule has 98 valence electrons. The lowest BCUT2D eigenvalue weighted by Crippen LogP contribution is -2.27. The van der Waals surface area contributed by atoms with Gasteiger partial charge in [0.2, 0.25) is 0 Å². The molecule has 0 saturated heterocycles. The van der Waals surface area contributed by atoms with Crippen molar-refractivity contribution in [2.24, 2.45) is 11.3 Å². The molecule has 0 bridgehead atoms. The standard InChI is InChI=1S/C15H20O3/c1-9(14(17)18)11-4-6-15(3)7-5-12(10(2)16)13(15)8-11/h11H,1,4-8H2,2-3H3,(H,17,18)/t11-,15+/m1/s1. The van der Waals surface area contributed by atoms with Crippen molar-refractivity contribution in [1.82, 2.24) is 0 Å². The van der Waals surface area contributed by atoms with E-state index in [4.69, 9.17) is 5.11 Å². The molecular formula is C15H20O3. The number of carboxylic acids is 1. The predicted molar refractivity (Wildman–Crippen MR) is 69.2 cm³/mol. The number of carbonyl (C=O) groups excluding carboxylic acids is 1. The predicted octanol–water partition coefficient (Wildman–Crippen LogP) is 3.11. The van der Waals surface area contributed by atoms with Gasteiger partial charge in [-0.25, -0.2) is 4.79 Å². The monoisotopic (exact) mass is 248 g/mol. The van der Waals surface area contributed by atoms with Crippen molar-refractivity contribution in [2.75, 3.05) is 0 Å². The van der Waals surface area contributed by atoms with Crippen molar-refractivity contribution in [3.8, 4) is 0 Å². The lowest BCUT2D eigenvalue weighted by Gasteiger charge is -2.37. The molecule has 0 unspecified atom stereocenters. The van der Waals surface area contributed by atoms with Crippen LogP contribution in [-0.4, -0.2) is 16.9 Å². The Balaban J connectivity index is 2.29. The largest absolute Gasteiger partial charge is 0.478 e. The van der Waals surface area contributed by atoms with E-state index in [1.165, 1.54) is 5.57 Å². The van der Waals surface area contributed by atoms with Gasteiger partial charge in [-0.3, -0.25) is 4.79 Å². The van der Waals surface area contributed by atoms with Crippen molar-refractivity contribution in [2.45, 2.75) is 46.0 Å². The van der Waals surface area contributed by atoms with Crippen LogP contribution in [0.15, 0.2) is 23.3 Å². The minimum Gasteiger partial charge on any atom is -0.478 e. The summed E-state index contributed by atoms with van der Waals surface area (Å²) in [5, 5.41) is 9.03. The van der Waals surface area contributed by atoms with Crippen LogP contribution < -0.4 is 0 Å². The SMILES string of the molecule is C=C(C(=O)O)[C@@H]1CC[C@@]2(C)CCC(C(C)=O)=C2C1. The summed E-state index contributed by atoms with van der Waals surface area (Å²) in [6, 6.07) is 0.